The van der Waals surface area contributed by atoms with Crippen molar-refractivity contribution >= 4 is 45.5 Å². The number of carbonyl (C=O) groups is 4. The molecule has 5 amide bonds. The molecule has 0 radical (unpaired) electrons. The van der Waals surface area contributed by atoms with Gasteiger partial charge in [0, 0.05) is 54.4 Å². The van der Waals surface area contributed by atoms with Gasteiger partial charge >= 0.3 is 17.4 Å². The zero-order valence-electron chi connectivity index (χ0n) is 32.8. The highest BCUT2D eigenvalue weighted by molar-refractivity contribution is 8.00. The number of aliphatic hydroxyl groups is 2. The van der Waals surface area contributed by atoms with Crippen LogP contribution in [0, 0.1) is 6.92 Å². The molecule has 0 aromatic carbocycles. The van der Waals surface area contributed by atoms with Crippen LogP contribution in [0.3, 0.4) is 0 Å². The van der Waals surface area contributed by atoms with Gasteiger partial charge in [0.15, 0.2) is 18.4 Å². The standard InChI is InChI=1S/C34H44N12O14S2/c1-15-12-45(34(56)40-28(15)51)22-10-18(46-13-16(41-43-46)11-36-20(47)5-3-2-4-19-23-17(14-61-19)37-32(54)39-23)26(59-22)29(52)35-7-9-62(57,58)42-30(53)27-24(49)25(50)31(60-27)44-8-6-21(48)38-33(44)55/h6,8,12-13,17-19,22-27,31,49-50H,2-5,7,9-11,14H2,1H3,(H,35,52)(H,36,47)(H,42,53)(H2,37,39,54)(H,38,48,55)(H,40,51,56)/t17-,18+,19-,22+,23-,24?,25?,26-,27-,31+/m0/s1. The first-order valence-electron chi connectivity index (χ1n) is 19.5. The van der Waals surface area contributed by atoms with E-state index in [-0.39, 0.29) is 54.2 Å². The molecule has 26 nitrogen and oxygen atoms in total. The number of nitrogens with one attached hydrogen (secondary N) is 7. The lowest BCUT2D eigenvalue weighted by molar-refractivity contribution is -0.136. The third-order valence-corrected chi connectivity index (χ3v) is 13.6. The van der Waals surface area contributed by atoms with E-state index in [1.54, 1.807) is 16.5 Å². The van der Waals surface area contributed by atoms with Crippen LogP contribution in [-0.4, -0.2) is 136 Å². The van der Waals surface area contributed by atoms with E-state index >= 15 is 0 Å². The molecular weight excluding hydrogens is 865 g/mol. The van der Waals surface area contributed by atoms with Gasteiger partial charge in [-0.3, -0.25) is 47.8 Å². The first-order chi connectivity index (χ1) is 29.5. The Morgan fingerprint density at radius 3 is 2.50 bits per heavy atom. The smallest absolute Gasteiger partial charge is 0.330 e. The van der Waals surface area contributed by atoms with Crippen LogP contribution in [-0.2, 0) is 40.4 Å². The number of aryl methyl sites for hydroxylation is 1. The molecule has 7 heterocycles. The minimum absolute atomic E-state index is 0.00295. The molecule has 4 fully saturated rings. The number of aliphatic hydroxyl groups excluding tert-OH is 2. The predicted molar refractivity (Wildman–Crippen MR) is 212 cm³/mol. The van der Waals surface area contributed by atoms with Crippen LogP contribution in [0.2, 0.25) is 0 Å². The van der Waals surface area contributed by atoms with Gasteiger partial charge in [0.05, 0.1) is 36.6 Å². The van der Waals surface area contributed by atoms with Crippen molar-refractivity contribution in [1.29, 1.82) is 0 Å². The number of amides is 5. The van der Waals surface area contributed by atoms with Crippen molar-refractivity contribution in [3.8, 4) is 0 Å². The molecule has 0 bridgehead atoms. The van der Waals surface area contributed by atoms with Crippen molar-refractivity contribution in [2.24, 2.45) is 0 Å². The van der Waals surface area contributed by atoms with Gasteiger partial charge < -0.3 is 41.0 Å². The Morgan fingerprint density at radius 2 is 1.73 bits per heavy atom. The summed E-state index contributed by atoms with van der Waals surface area (Å²) in [6.07, 6.45) is -3.78. The number of sulfonamides is 1. The second kappa shape index (κ2) is 18.3. The second-order valence-corrected chi connectivity index (χ2v) is 18.3. The number of ether oxygens (including phenoxy) is 2. The van der Waals surface area contributed by atoms with Crippen LogP contribution >= 0.6 is 11.8 Å². The van der Waals surface area contributed by atoms with E-state index in [1.807, 2.05) is 4.98 Å². The zero-order chi connectivity index (χ0) is 44.5. The van der Waals surface area contributed by atoms with Gasteiger partial charge in [-0.15, -0.1) is 5.10 Å². The van der Waals surface area contributed by atoms with Gasteiger partial charge in [0.25, 0.3) is 22.9 Å². The molecular formula is C34H44N12O14S2. The van der Waals surface area contributed by atoms with Crippen molar-refractivity contribution in [3.05, 3.63) is 77.6 Å². The van der Waals surface area contributed by atoms with Crippen molar-refractivity contribution in [2.75, 3.05) is 18.1 Å². The summed E-state index contributed by atoms with van der Waals surface area (Å²) >= 11 is 1.80. The summed E-state index contributed by atoms with van der Waals surface area (Å²) in [5, 5.41) is 40.4. The Balaban J connectivity index is 0.936. The van der Waals surface area contributed by atoms with E-state index in [2.05, 4.69) is 36.6 Å². The van der Waals surface area contributed by atoms with Crippen molar-refractivity contribution in [1.82, 2.24) is 60.1 Å². The Morgan fingerprint density at radius 1 is 0.952 bits per heavy atom. The lowest BCUT2D eigenvalue weighted by Crippen LogP contribution is -2.47. The molecule has 62 heavy (non-hydrogen) atoms. The highest BCUT2D eigenvalue weighted by atomic mass is 32.2. The fourth-order valence-electron chi connectivity index (χ4n) is 7.62. The predicted octanol–water partition coefficient (Wildman–Crippen LogP) is -4.96. The van der Waals surface area contributed by atoms with Gasteiger partial charge in [0.1, 0.15) is 24.1 Å². The van der Waals surface area contributed by atoms with Crippen LogP contribution in [0.25, 0.3) is 0 Å². The van der Waals surface area contributed by atoms with Crippen molar-refractivity contribution < 1.29 is 47.3 Å². The number of unbranched alkanes of at least 4 members (excludes halogenated alkanes) is 1. The topological polar surface area (TPSA) is 362 Å². The average molecular weight is 909 g/mol. The zero-order valence-corrected chi connectivity index (χ0v) is 34.4. The summed E-state index contributed by atoms with van der Waals surface area (Å²) in [6, 6.07) is 0.0484. The SMILES string of the molecule is Cc1cn([C@H]2C[C@@H](n3cc(CNC(=O)CCCC[C@@H]4SC[C@@H]5NC(=O)N[C@@H]54)nn3)[C@@H](C(=O)NCCS(=O)(=O)NC(=O)[C@H]3O[C@@H](n4ccc(=O)[nH]c4=O)C(O)C3O)O2)c(=O)[nH]c1=O. The monoisotopic (exact) mass is 908 g/mol. The van der Waals surface area contributed by atoms with E-state index in [0.717, 1.165) is 35.4 Å². The van der Waals surface area contributed by atoms with E-state index in [1.165, 1.54) is 24.0 Å². The Hall–Kier alpha value is -5.68. The summed E-state index contributed by atoms with van der Waals surface area (Å²) in [5.74, 6) is -2.48. The number of hydrogen-bond donors (Lipinski definition) is 9. The number of carbonyl (C=O) groups excluding carboxylic acids is 4. The van der Waals surface area contributed by atoms with E-state index in [0.29, 0.717) is 16.7 Å². The molecule has 0 saturated carbocycles. The fourth-order valence-corrected chi connectivity index (χ4v) is 10.1. The lowest BCUT2D eigenvalue weighted by atomic mass is 10.0. The molecule has 336 valence electrons. The third kappa shape index (κ3) is 9.83. The van der Waals surface area contributed by atoms with Crippen molar-refractivity contribution in [3.63, 3.8) is 0 Å². The number of aromatic amines is 2. The molecule has 28 heteroatoms. The minimum atomic E-state index is -4.54. The number of H-pyrrole nitrogens is 2. The average Bonchev–Trinajstić information content (AvgIpc) is 4.05. The third-order valence-electron chi connectivity index (χ3n) is 10.8. The maximum atomic E-state index is 13.6. The van der Waals surface area contributed by atoms with Gasteiger partial charge in [0.2, 0.25) is 15.9 Å². The maximum absolute atomic E-state index is 13.6. The largest absolute Gasteiger partial charge is 0.387 e. The van der Waals surface area contributed by atoms with E-state index < -0.39 is 99.5 Å². The van der Waals surface area contributed by atoms with Gasteiger partial charge in [-0.05, 0) is 19.8 Å². The molecule has 2 unspecified atom stereocenters. The second-order valence-electron chi connectivity index (χ2n) is 15.1. The Labute approximate surface area is 353 Å². The molecule has 4 aliphatic heterocycles. The minimum Gasteiger partial charge on any atom is -0.387 e. The number of fused-ring (bicyclic) bond motifs is 1. The van der Waals surface area contributed by atoms with Crippen molar-refractivity contribution in [2.45, 2.75) is 106 Å². The first-order valence-corrected chi connectivity index (χ1v) is 22.2. The number of urea groups is 1. The Bertz CT molecular complexity index is 2560. The van der Waals surface area contributed by atoms with E-state index in [9.17, 15) is 57.0 Å². The quantitative estimate of drug-likeness (QED) is 0.0480. The molecule has 3 aromatic heterocycles. The molecule has 7 rings (SSSR count). The number of nitrogens with zero attached hydrogens (tertiary/aromatic N) is 5. The highest BCUT2D eigenvalue weighted by Gasteiger charge is 2.49. The number of rotatable bonds is 16. The van der Waals surface area contributed by atoms with Gasteiger partial charge in [-0.1, -0.05) is 11.6 Å². The molecule has 0 spiro atoms. The van der Waals surface area contributed by atoms with Crippen LogP contribution < -0.4 is 48.5 Å². The summed E-state index contributed by atoms with van der Waals surface area (Å²) in [5.41, 5.74) is -2.71. The molecule has 4 saturated heterocycles. The number of hydrogen-bond acceptors (Lipinski definition) is 17. The van der Waals surface area contributed by atoms with Crippen LogP contribution in [0.15, 0.2) is 43.8 Å². The van der Waals surface area contributed by atoms with Crippen LogP contribution in [0.5, 0.6) is 0 Å². The molecule has 10 atom stereocenters. The number of aromatic nitrogens is 7. The fraction of sp³-hybridized carbons (Fsp3) is 0.588. The number of thioether (sulfide) groups is 1. The van der Waals surface area contributed by atoms with Crippen LogP contribution in [0.4, 0.5) is 4.79 Å². The molecule has 0 aliphatic carbocycles. The highest BCUT2D eigenvalue weighted by Crippen LogP contribution is 2.36. The summed E-state index contributed by atoms with van der Waals surface area (Å²) in [4.78, 5) is 103. The maximum Gasteiger partial charge on any atom is 0.330 e. The van der Waals surface area contributed by atoms with Gasteiger partial charge in [-0.25, -0.2) is 27.5 Å². The molecule has 3 aromatic rings. The Kier molecular flexibility index (Phi) is 13.1. The lowest BCUT2D eigenvalue weighted by Gasteiger charge is -2.18. The normalized spacial score (nSPS) is 28.0. The van der Waals surface area contributed by atoms with Gasteiger partial charge in [-0.2, -0.15) is 11.8 Å². The molecule has 9 N–H and O–H groups in total. The van der Waals surface area contributed by atoms with Crippen LogP contribution in [0.1, 0.15) is 61.9 Å². The summed E-state index contributed by atoms with van der Waals surface area (Å²) in [6.45, 7) is 0.891. The summed E-state index contributed by atoms with van der Waals surface area (Å²) < 4.78 is 41.9. The molecule has 4 aliphatic rings. The first kappa shape index (κ1) is 44.4. The summed E-state index contributed by atoms with van der Waals surface area (Å²) in [7, 11) is -4.54. The van der Waals surface area contributed by atoms with E-state index in [4.69, 9.17) is 9.47 Å².